The van der Waals surface area contributed by atoms with E-state index in [-0.39, 0.29) is 0 Å². The van der Waals surface area contributed by atoms with Gasteiger partial charge >= 0.3 is 0 Å². The van der Waals surface area contributed by atoms with Crippen LogP contribution in [-0.4, -0.2) is 28.7 Å². The Hall–Kier alpha value is -1.55. The number of H-pyrrole nitrogens is 1. The van der Waals surface area contributed by atoms with Crippen LogP contribution < -0.4 is 5.32 Å². The highest BCUT2D eigenvalue weighted by molar-refractivity contribution is 5.79. The number of aryl methyl sites for hydroxylation is 1. The fourth-order valence-electron chi connectivity index (χ4n) is 2.52. The molecule has 1 saturated carbocycles. The maximum Gasteiger partial charge on any atom is 0.104 e. The Morgan fingerprint density at radius 2 is 2.28 bits per heavy atom. The summed E-state index contributed by atoms with van der Waals surface area (Å²) in [5.74, 6) is 0.960. The number of rotatable bonds is 4. The number of hydrogen-bond donors (Lipinski definition) is 2. The van der Waals surface area contributed by atoms with Crippen molar-refractivity contribution in [1.29, 1.82) is 0 Å². The van der Waals surface area contributed by atoms with Crippen LogP contribution in [0.4, 0.5) is 5.69 Å². The highest BCUT2D eigenvalue weighted by atomic mass is 16.5. The zero-order valence-corrected chi connectivity index (χ0v) is 10.9. The van der Waals surface area contributed by atoms with Gasteiger partial charge < -0.3 is 15.0 Å². The average molecular weight is 245 g/mol. The van der Waals surface area contributed by atoms with E-state index in [9.17, 15) is 0 Å². The van der Waals surface area contributed by atoms with Gasteiger partial charge in [-0.15, -0.1) is 0 Å². The molecule has 18 heavy (non-hydrogen) atoms. The standard InChI is InChI=1S/C14H19N3O/c1-3-18-12-6-11(7-12)17-10-4-5-13-14(8-10)16-9(2)15-13/h4-5,8,11-12,17H,3,6-7H2,1-2H3,(H,15,16). The number of fused-ring (bicyclic) bond motifs is 1. The van der Waals surface area contributed by atoms with Crippen molar-refractivity contribution in [3.63, 3.8) is 0 Å². The zero-order valence-electron chi connectivity index (χ0n) is 10.9. The van der Waals surface area contributed by atoms with Gasteiger partial charge in [-0.3, -0.25) is 0 Å². The summed E-state index contributed by atoms with van der Waals surface area (Å²) >= 11 is 0. The molecule has 4 nitrogen and oxygen atoms in total. The van der Waals surface area contributed by atoms with Gasteiger partial charge in [0.1, 0.15) is 5.82 Å². The molecule has 2 aromatic rings. The number of nitrogens with one attached hydrogen (secondary N) is 2. The average Bonchev–Trinajstić information content (AvgIpc) is 2.65. The van der Waals surface area contributed by atoms with E-state index in [0.29, 0.717) is 12.1 Å². The van der Waals surface area contributed by atoms with E-state index < -0.39 is 0 Å². The second kappa shape index (κ2) is 4.61. The molecule has 0 atom stereocenters. The Balaban J connectivity index is 1.65. The van der Waals surface area contributed by atoms with E-state index >= 15 is 0 Å². The second-order valence-electron chi connectivity index (χ2n) is 4.94. The molecule has 1 aliphatic rings. The SMILES string of the molecule is CCOC1CC(Nc2ccc3nc(C)[nH]c3c2)C1. The first-order chi connectivity index (χ1) is 8.74. The maximum atomic E-state index is 5.56. The van der Waals surface area contributed by atoms with Crippen molar-refractivity contribution in [2.45, 2.75) is 38.8 Å². The predicted octanol–water partition coefficient (Wildman–Crippen LogP) is 2.85. The zero-order chi connectivity index (χ0) is 12.5. The summed E-state index contributed by atoms with van der Waals surface area (Å²) in [5.41, 5.74) is 3.28. The lowest BCUT2D eigenvalue weighted by Gasteiger charge is -2.36. The Morgan fingerprint density at radius 1 is 1.44 bits per heavy atom. The summed E-state index contributed by atoms with van der Waals surface area (Å²) in [7, 11) is 0. The number of benzene rings is 1. The predicted molar refractivity (Wildman–Crippen MR) is 72.9 cm³/mol. The van der Waals surface area contributed by atoms with E-state index in [0.717, 1.165) is 42.0 Å². The number of aromatic amines is 1. The molecule has 0 saturated heterocycles. The number of anilines is 1. The molecule has 96 valence electrons. The van der Waals surface area contributed by atoms with Gasteiger partial charge in [0.2, 0.25) is 0 Å². The van der Waals surface area contributed by atoms with Crippen molar-refractivity contribution < 1.29 is 4.74 Å². The van der Waals surface area contributed by atoms with Crippen LogP contribution in [0, 0.1) is 6.92 Å². The van der Waals surface area contributed by atoms with Crippen molar-refractivity contribution in [1.82, 2.24) is 9.97 Å². The molecule has 0 spiro atoms. The lowest BCUT2D eigenvalue weighted by Crippen LogP contribution is -2.40. The van der Waals surface area contributed by atoms with Crippen LogP contribution in [0.2, 0.25) is 0 Å². The summed E-state index contributed by atoms with van der Waals surface area (Å²) in [5, 5.41) is 3.54. The fraction of sp³-hybridized carbons (Fsp3) is 0.500. The molecule has 1 heterocycles. The van der Waals surface area contributed by atoms with Crippen LogP contribution in [-0.2, 0) is 4.74 Å². The molecule has 1 aromatic heterocycles. The van der Waals surface area contributed by atoms with Crippen molar-refractivity contribution in [3.05, 3.63) is 24.0 Å². The lowest BCUT2D eigenvalue weighted by molar-refractivity contribution is 0.00300. The molecule has 0 unspecified atom stereocenters. The number of imidazole rings is 1. The summed E-state index contributed by atoms with van der Waals surface area (Å²) < 4.78 is 5.56. The quantitative estimate of drug-likeness (QED) is 0.870. The highest BCUT2D eigenvalue weighted by Crippen LogP contribution is 2.27. The molecule has 1 fully saturated rings. The third-order valence-corrected chi connectivity index (χ3v) is 3.47. The molecule has 2 N–H and O–H groups in total. The summed E-state index contributed by atoms with van der Waals surface area (Å²) in [6, 6.07) is 6.82. The van der Waals surface area contributed by atoms with E-state index in [4.69, 9.17) is 4.74 Å². The molecule has 4 heteroatoms. The number of ether oxygens (including phenoxy) is 1. The summed E-state index contributed by atoms with van der Waals surface area (Å²) in [4.78, 5) is 7.66. The van der Waals surface area contributed by atoms with Gasteiger partial charge in [0.15, 0.2) is 0 Å². The summed E-state index contributed by atoms with van der Waals surface area (Å²) in [6.45, 7) is 4.84. The van der Waals surface area contributed by atoms with Gasteiger partial charge in [0, 0.05) is 18.3 Å². The lowest BCUT2D eigenvalue weighted by atomic mass is 9.89. The van der Waals surface area contributed by atoms with E-state index in [1.807, 2.05) is 6.92 Å². The molecular weight excluding hydrogens is 226 g/mol. The van der Waals surface area contributed by atoms with E-state index in [1.54, 1.807) is 0 Å². The maximum absolute atomic E-state index is 5.56. The fourth-order valence-corrected chi connectivity index (χ4v) is 2.52. The minimum atomic E-state index is 0.450. The van der Waals surface area contributed by atoms with E-state index in [2.05, 4.69) is 40.4 Å². The number of hydrogen-bond acceptors (Lipinski definition) is 3. The Labute approximate surface area is 107 Å². The van der Waals surface area contributed by atoms with Gasteiger partial charge in [0.05, 0.1) is 17.1 Å². The van der Waals surface area contributed by atoms with Crippen LogP contribution >= 0.6 is 0 Å². The van der Waals surface area contributed by atoms with Gasteiger partial charge in [0.25, 0.3) is 0 Å². The van der Waals surface area contributed by atoms with Crippen LogP contribution in [0.5, 0.6) is 0 Å². The monoisotopic (exact) mass is 245 g/mol. The topological polar surface area (TPSA) is 49.9 Å². The highest BCUT2D eigenvalue weighted by Gasteiger charge is 2.29. The Kier molecular flexibility index (Phi) is 2.96. The van der Waals surface area contributed by atoms with Crippen molar-refractivity contribution in [2.75, 3.05) is 11.9 Å². The normalized spacial score (nSPS) is 23.0. The first kappa shape index (κ1) is 11.5. The smallest absolute Gasteiger partial charge is 0.104 e. The molecular formula is C14H19N3O. The molecule has 0 amide bonds. The third-order valence-electron chi connectivity index (χ3n) is 3.47. The Morgan fingerprint density at radius 3 is 3.06 bits per heavy atom. The molecule has 0 radical (unpaired) electrons. The third kappa shape index (κ3) is 2.20. The minimum Gasteiger partial charge on any atom is -0.382 e. The van der Waals surface area contributed by atoms with Crippen molar-refractivity contribution in [2.24, 2.45) is 0 Å². The van der Waals surface area contributed by atoms with Gasteiger partial charge in [-0.2, -0.15) is 0 Å². The number of aromatic nitrogens is 2. The summed E-state index contributed by atoms with van der Waals surface area (Å²) in [6.07, 6.45) is 2.66. The van der Waals surface area contributed by atoms with Crippen LogP contribution in [0.1, 0.15) is 25.6 Å². The van der Waals surface area contributed by atoms with Crippen LogP contribution in [0.3, 0.4) is 0 Å². The van der Waals surface area contributed by atoms with Crippen LogP contribution in [0.25, 0.3) is 11.0 Å². The van der Waals surface area contributed by atoms with Crippen molar-refractivity contribution >= 4 is 16.7 Å². The van der Waals surface area contributed by atoms with Crippen LogP contribution in [0.15, 0.2) is 18.2 Å². The second-order valence-corrected chi connectivity index (χ2v) is 4.94. The largest absolute Gasteiger partial charge is 0.382 e. The molecule has 0 aliphatic heterocycles. The Bertz CT molecular complexity index is 543. The first-order valence-corrected chi connectivity index (χ1v) is 6.59. The van der Waals surface area contributed by atoms with Crippen molar-refractivity contribution in [3.8, 4) is 0 Å². The molecule has 0 bridgehead atoms. The van der Waals surface area contributed by atoms with Gasteiger partial charge in [-0.1, -0.05) is 0 Å². The molecule has 3 rings (SSSR count). The number of nitrogens with zero attached hydrogens (tertiary/aromatic N) is 1. The first-order valence-electron chi connectivity index (χ1n) is 6.59. The molecule has 1 aliphatic carbocycles. The minimum absolute atomic E-state index is 0.450. The van der Waals surface area contributed by atoms with Gasteiger partial charge in [-0.05, 0) is 44.9 Å². The van der Waals surface area contributed by atoms with Gasteiger partial charge in [-0.25, -0.2) is 4.98 Å². The molecule has 1 aromatic carbocycles. The van der Waals surface area contributed by atoms with E-state index in [1.165, 1.54) is 0 Å².